The van der Waals surface area contributed by atoms with Gasteiger partial charge in [-0.3, -0.25) is 0 Å². The molecule has 2 aromatic carbocycles. The molecule has 0 saturated heterocycles. The van der Waals surface area contributed by atoms with E-state index >= 15 is 0 Å². The van der Waals surface area contributed by atoms with Crippen LogP contribution in [0, 0.1) is 0 Å². The van der Waals surface area contributed by atoms with Crippen molar-refractivity contribution in [2.75, 3.05) is 0 Å². The quantitative estimate of drug-likeness (QED) is 0.596. The normalized spacial score (nSPS) is 9.87. The molecule has 2 rings (SSSR count). The highest BCUT2D eigenvalue weighted by molar-refractivity contribution is 5.84. The maximum absolute atomic E-state index is 9.98. The van der Waals surface area contributed by atoms with Crippen molar-refractivity contribution >= 4 is 16.9 Å². The minimum Gasteiger partial charge on any atom is -0.508 e. The summed E-state index contributed by atoms with van der Waals surface area (Å²) in [5, 5.41) is 11.6. The van der Waals surface area contributed by atoms with Gasteiger partial charge >= 0.3 is 0 Å². The van der Waals surface area contributed by atoms with Gasteiger partial charge in [0, 0.05) is 5.56 Å². The number of phenols is 1. The molecule has 3 heteroatoms. The van der Waals surface area contributed by atoms with Crippen molar-refractivity contribution in [1.82, 2.24) is 0 Å². The first-order chi connectivity index (χ1) is 7.31. The number of nitrogens with zero attached hydrogens (tertiary/aromatic N) is 1. The van der Waals surface area contributed by atoms with Crippen LogP contribution in [-0.4, -0.2) is 11.2 Å². The van der Waals surface area contributed by atoms with E-state index < -0.39 is 0 Å². The predicted molar refractivity (Wildman–Crippen MR) is 57.4 cm³/mol. The second-order valence-electron chi connectivity index (χ2n) is 3.24. The van der Waals surface area contributed by atoms with E-state index in [2.05, 4.69) is 4.99 Å². The molecule has 0 aromatic heterocycles. The first kappa shape index (κ1) is 9.44. The Hall–Kier alpha value is -2.12. The van der Waals surface area contributed by atoms with E-state index in [-0.39, 0.29) is 12.3 Å². The van der Waals surface area contributed by atoms with Crippen LogP contribution in [0.1, 0.15) is 5.56 Å². The summed E-state index contributed by atoms with van der Waals surface area (Å²) in [7, 11) is 0. The van der Waals surface area contributed by atoms with Gasteiger partial charge in [-0.2, -0.15) is 0 Å². The summed E-state index contributed by atoms with van der Waals surface area (Å²) in [5.74, 6) is 0.160. The Kier molecular flexibility index (Phi) is 2.48. The molecule has 0 radical (unpaired) electrons. The van der Waals surface area contributed by atoms with Crippen molar-refractivity contribution in [2.45, 2.75) is 6.54 Å². The Morgan fingerprint density at radius 2 is 1.87 bits per heavy atom. The minimum atomic E-state index is 0.160. The lowest BCUT2D eigenvalue weighted by atomic mass is 10.1. The first-order valence-corrected chi connectivity index (χ1v) is 4.55. The first-order valence-electron chi connectivity index (χ1n) is 4.55. The lowest BCUT2D eigenvalue weighted by molar-refractivity contribution is 0.469. The largest absolute Gasteiger partial charge is 0.508 e. The molecule has 0 aliphatic rings. The van der Waals surface area contributed by atoms with Gasteiger partial charge in [-0.1, -0.05) is 24.3 Å². The fraction of sp³-hybridized carbons (Fsp3) is 0.0833. The lowest BCUT2D eigenvalue weighted by Crippen LogP contribution is -1.83. The van der Waals surface area contributed by atoms with Crippen LogP contribution in [0.2, 0.25) is 0 Å². The van der Waals surface area contributed by atoms with Gasteiger partial charge in [-0.05, 0) is 22.9 Å². The van der Waals surface area contributed by atoms with E-state index in [9.17, 15) is 9.90 Å². The van der Waals surface area contributed by atoms with Gasteiger partial charge in [0.05, 0.1) is 6.54 Å². The van der Waals surface area contributed by atoms with Gasteiger partial charge < -0.3 is 5.11 Å². The standard InChI is InChI=1S/C12H9NO2/c14-8-13-7-11-5-9-3-1-2-4-10(9)6-12(11)15/h1-6,15H,7H2. The van der Waals surface area contributed by atoms with Gasteiger partial charge in [0.25, 0.3) is 0 Å². The molecule has 2 aromatic rings. The SMILES string of the molecule is O=C=NCc1cc2ccccc2cc1O. The van der Waals surface area contributed by atoms with Crippen LogP contribution in [0.3, 0.4) is 0 Å². The average molecular weight is 199 g/mol. The Balaban J connectivity index is 2.56. The molecule has 0 bridgehead atoms. The molecule has 0 unspecified atom stereocenters. The topological polar surface area (TPSA) is 49.7 Å². The lowest BCUT2D eigenvalue weighted by Gasteiger charge is -2.03. The molecular weight excluding hydrogens is 190 g/mol. The Morgan fingerprint density at radius 3 is 2.53 bits per heavy atom. The fourth-order valence-corrected chi connectivity index (χ4v) is 1.52. The smallest absolute Gasteiger partial charge is 0.235 e. The number of aliphatic imine (C=N–C) groups is 1. The number of phenolic OH excluding ortho intramolecular Hbond substituents is 1. The zero-order valence-electron chi connectivity index (χ0n) is 7.97. The highest BCUT2D eigenvalue weighted by Gasteiger charge is 2.02. The third-order valence-electron chi connectivity index (χ3n) is 2.26. The van der Waals surface area contributed by atoms with Crippen molar-refractivity contribution in [2.24, 2.45) is 4.99 Å². The van der Waals surface area contributed by atoms with Crippen LogP contribution >= 0.6 is 0 Å². The number of hydrogen-bond acceptors (Lipinski definition) is 3. The number of hydrogen-bond donors (Lipinski definition) is 1. The third kappa shape index (κ3) is 1.87. The minimum absolute atomic E-state index is 0.160. The fourth-order valence-electron chi connectivity index (χ4n) is 1.52. The Morgan fingerprint density at radius 1 is 1.20 bits per heavy atom. The molecule has 0 spiro atoms. The van der Waals surface area contributed by atoms with Crippen LogP contribution in [0.5, 0.6) is 5.75 Å². The van der Waals surface area contributed by atoms with Gasteiger partial charge in [-0.15, -0.1) is 0 Å². The van der Waals surface area contributed by atoms with Gasteiger partial charge in [0.15, 0.2) is 0 Å². The van der Waals surface area contributed by atoms with Crippen molar-refractivity contribution in [3.05, 3.63) is 42.0 Å². The van der Waals surface area contributed by atoms with Crippen LogP contribution in [0.25, 0.3) is 10.8 Å². The second-order valence-corrected chi connectivity index (χ2v) is 3.24. The third-order valence-corrected chi connectivity index (χ3v) is 2.26. The summed E-state index contributed by atoms with van der Waals surface area (Å²) in [6, 6.07) is 11.2. The number of fused-ring (bicyclic) bond motifs is 1. The molecule has 0 aliphatic carbocycles. The van der Waals surface area contributed by atoms with E-state index in [4.69, 9.17) is 0 Å². The predicted octanol–water partition coefficient (Wildman–Crippen LogP) is 2.38. The van der Waals surface area contributed by atoms with E-state index in [0.29, 0.717) is 5.56 Å². The van der Waals surface area contributed by atoms with Crippen molar-refractivity contribution in [1.29, 1.82) is 0 Å². The zero-order chi connectivity index (χ0) is 10.7. The van der Waals surface area contributed by atoms with E-state index in [1.807, 2.05) is 30.3 Å². The van der Waals surface area contributed by atoms with Crippen molar-refractivity contribution in [3.8, 4) is 5.75 Å². The number of carbonyl (C=O) groups excluding carboxylic acids is 1. The molecular formula is C12H9NO2. The maximum Gasteiger partial charge on any atom is 0.235 e. The summed E-state index contributed by atoms with van der Waals surface area (Å²) in [5.41, 5.74) is 0.636. The molecule has 74 valence electrons. The van der Waals surface area contributed by atoms with Gasteiger partial charge in [-0.25, -0.2) is 9.79 Å². The molecule has 0 aliphatic heterocycles. The number of isocyanates is 1. The van der Waals surface area contributed by atoms with Gasteiger partial charge in [0.2, 0.25) is 6.08 Å². The number of aromatic hydroxyl groups is 1. The summed E-state index contributed by atoms with van der Waals surface area (Å²) in [6.07, 6.45) is 1.46. The van der Waals surface area contributed by atoms with Crippen LogP contribution in [0.4, 0.5) is 0 Å². The summed E-state index contributed by atoms with van der Waals surface area (Å²) in [4.78, 5) is 13.4. The number of rotatable bonds is 2. The maximum atomic E-state index is 9.98. The van der Waals surface area contributed by atoms with E-state index in [1.165, 1.54) is 6.08 Å². The molecule has 1 N–H and O–H groups in total. The molecule has 3 nitrogen and oxygen atoms in total. The van der Waals surface area contributed by atoms with Crippen LogP contribution < -0.4 is 0 Å². The molecule has 0 saturated carbocycles. The highest BCUT2D eigenvalue weighted by atomic mass is 16.3. The van der Waals surface area contributed by atoms with Crippen molar-refractivity contribution < 1.29 is 9.90 Å². The average Bonchev–Trinajstić information content (AvgIpc) is 2.26. The molecule has 0 heterocycles. The summed E-state index contributed by atoms with van der Waals surface area (Å²) >= 11 is 0. The molecule has 0 amide bonds. The van der Waals surface area contributed by atoms with Crippen LogP contribution in [-0.2, 0) is 11.3 Å². The Labute approximate surface area is 86.7 Å². The van der Waals surface area contributed by atoms with E-state index in [1.54, 1.807) is 6.07 Å². The second kappa shape index (κ2) is 3.95. The molecule has 0 atom stereocenters. The summed E-state index contributed by atoms with van der Waals surface area (Å²) in [6.45, 7) is 0.167. The van der Waals surface area contributed by atoms with Crippen molar-refractivity contribution in [3.63, 3.8) is 0 Å². The molecule has 0 fully saturated rings. The summed E-state index contributed by atoms with van der Waals surface area (Å²) < 4.78 is 0. The zero-order valence-corrected chi connectivity index (χ0v) is 7.97. The van der Waals surface area contributed by atoms with Gasteiger partial charge in [0.1, 0.15) is 5.75 Å². The van der Waals surface area contributed by atoms with E-state index in [0.717, 1.165) is 10.8 Å². The molecule has 15 heavy (non-hydrogen) atoms. The Bertz CT molecular complexity index is 542. The highest BCUT2D eigenvalue weighted by Crippen LogP contribution is 2.25. The monoisotopic (exact) mass is 199 g/mol. The van der Waals surface area contributed by atoms with Crippen LogP contribution in [0.15, 0.2) is 41.4 Å². The number of benzene rings is 2.